The van der Waals surface area contributed by atoms with E-state index >= 15 is 0 Å². The van der Waals surface area contributed by atoms with Crippen molar-refractivity contribution >= 4 is 15.7 Å². The first-order chi connectivity index (χ1) is 12.5. The van der Waals surface area contributed by atoms with Crippen molar-refractivity contribution in [3.8, 4) is 11.5 Å². The van der Waals surface area contributed by atoms with Crippen LogP contribution in [0.4, 0.5) is 5.69 Å². The predicted molar refractivity (Wildman–Crippen MR) is 103 cm³/mol. The Kier molecular flexibility index (Phi) is 7.29. The summed E-state index contributed by atoms with van der Waals surface area (Å²) in [4.78, 5) is 0.199. The fraction of sp³-hybridized carbons (Fsp3) is 0.368. The lowest BCUT2D eigenvalue weighted by Gasteiger charge is -2.13. The van der Waals surface area contributed by atoms with E-state index in [1.807, 2.05) is 32.0 Å². The SMILES string of the molecule is CCCOc1ccc(CCNS(=O)(=O)c2ccc(N)cc2)cc1OCC. The average Bonchev–Trinajstić information content (AvgIpc) is 2.61. The van der Waals surface area contributed by atoms with Crippen LogP contribution in [0.5, 0.6) is 11.5 Å². The Morgan fingerprint density at radius 1 is 1.00 bits per heavy atom. The lowest BCUT2D eigenvalue weighted by molar-refractivity contribution is 0.276. The number of rotatable bonds is 10. The molecule has 142 valence electrons. The van der Waals surface area contributed by atoms with Crippen molar-refractivity contribution in [2.75, 3.05) is 25.5 Å². The van der Waals surface area contributed by atoms with Gasteiger partial charge in [-0.2, -0.15) is 0 Å². The largest absolute Gasteiger partial charge is 0.490 e. The molecule has 0 aliphatic carbocycles. The van der Waals surface area contributed by atoms with Gasteiger partial charge in [0.15, 0.2) is 11.5 Å². The van der Waals surface area contributed by atoms with E-state index < -0.39 is 10.0 Å². The van der Waals surface area contributed by atoms with Crippen LogP contribution in [0.25, 0.3) is 0 Å². The number of ether oxygens (including phenoxy) is 2. The highest BCUT2D eigenvalue weighted by atomic mass is 32.2. The predicted octanol–water partition coefficient (Wildman–Crippen LogP) is 2.98. The van der Waals surface area contributed by atoms with Crippen LogP contribution in [-0.2, 0) is 16.4 Å². The summed E-state index contributed by atoms with van der Waals surface area (Å²) >= 11 is 0. The van der Waals surface area contributed by atoms with E-state index in [0.29, 0.717) is 36.8 Å². The van der Waals surface area contributed by atoms with Crippen molar-refractivity contribution in [2.45, 2.75) is 31.6 Å². The van der Waals surface area contributed by atoms with E-state index in [2.05, 4.69) is 4.72 Å². The summed E-state index contributed by atoms with van der Waals surface area (Å²) in [6.45, 7) is 5.41. The molecule has 6 nitrogen and oxygen atoms in total. The molecule has 0 radical (unpaired) electrons. The monoisotopic (exact) mass is 378 g/mol. The van der Waals surface area contributed by atoms with E-state index in [-0.39, 0.29) is 11.4 Å². The molecule has 0 atom stereocenters. The zero-order valence-electron chi connectivity index (χ0n) is 15.2. The molecule has 0 heterocycles. The smallest absolute Gasteiger partial charge is 0.240 e. The van der Waals surface area contributed by atoms with Gasteiger partial charge in [0.2, 0.25) is 10.0 Å². The van der Waals surface area contributed by atoms with Crippen molar-refractivity contribution in [1.82, 2.24) is 4.72 Å². The molecule has 0 saturated heterocycles. The van der Waals surface area contributed by atoms with Gasteiger partial charge in [-0.05, 0) is 61.7 Å². The Morgan fingerprint density at radius 2 is 1.73 bits per heavy atom. The molecule has 2 rings (SSSR count). The molecule has 0 bridgehead atoms. The molecule has 3 N–H and O–H groups in total. The quantitative estimate of drug-likeness (QED) is 0.620. The maximum atomic E-state index is 12.3. The Hall–Kier alpha value is -2.25. The summed E-state index contributed by atoms with van der Waals surface area (Å²) in [6, 6.07) is 11.8. The highest BCUT2D eigenvalue weighted by Crippen LogP contribution is 2.28. The molecular formula is C19H26N2O4S. The van der Waals surface area contributed by atoms with E-state index in [1.165, 1.54) is 12.1 Å². The molecule has 0 unspecified atom stereocenters. The van der Waals surface area contributed by atoms with Crippen LogP contribution >= 0.6 is 0 Å². The summed E-state index contributed by atoms with van der Waals surface area (Å²) in [5.41, 5.74) is 7.09. The third kappa shape index (κ3) is 5.64. The number of nitrogens with two attached hydrogens (primary N) is 1. The van der Waals surface area contributed by atoms with Crippen molar-refractivity contribution in [3.63, 3.8) is 0 Å². The maximum absolute atomic E-state index is 12.3. The van der Waals surface area contributed by atoms with Gasteiger partial charge in [-0.15, -0.1) is 0 Å². The molecule has 0 spiro atoms. The Morgan fingerprint density at radius 3 is 2.38 bits per heavy atom. The third-order valence-electron chi connectivity index (χ3n) is 3.67. The van der Waals surface area contributed by atoms with E-state index in [4.69, 9.17) is 15.2 Å². The second kappa shape index (κ2) is 9.45. The van der Waals surface area contributed by atoms with Crippen LogP contribution in [0, 0.1) is 0 Å². The Balaban J connectivity index is 2.00. The fourth-order valence-electron chi connectivity index (χ4n) is 2.37. The molecule has 7 heteroatoms. The van der Waals surface area contributed by atoms with Crippen molar-refractivity contribution < 1.29 is 17.9 Å². The minimum Gasteiger partial charge on any atom is -0.490 e. The Bertz CT molecular complexity index is 805. The lowest BCUT2D eigenvalue weighted by atomic mass is 10.1. The maximum Gasteiger partial charge on any atom is 0.240 e. The van der Waals surface area contributed by atoms with Gasteiger partial charge in [-0.1, -0.05) is 13.0 Å². The summed E-state index contributed by atoms with van der Waals surface area (Å²) in [5, 5.41) is 0. The van der Waals surface area contributed by atoms with Crippen molar-refractivity contribution in [2.24, 2.45) is 0 Å². The van der Waals surface area contributed by atoms with Crippen LogP contribution < -0.4 is 19.9 Å². The first-order valence-electron chi connectivity index (χ1n) is 8.70. The molecule has 0 aliphatic heterocycles. The van der Waals surface area contributed by atoms with E-state index in [1.54, 1.807) is 12.1 Å². The molecule has 26 heavy (non-hydrogen) atoms. The van der Waals surface area contributed by atoms with Crippen LogP contribution in [0.2, 0.25) is 0 Å². The van der Waals surface area contributed by atoms with Crippen molar-refractivity contribution in [1.29, 1.82) is 0 Å². The molecule has 0 aliphatic rings. The number of anilines is 1. The number of hydrogen-bond donors (Lipinski definition) is 2. The first-order valence-corrected chi connectivity index (χ1v) is 10.2. The first kappa shape index (κ1) is 20.1. The summed E-state index contributed by atoms with van der Waals surface area (Å²) in [6.07, 6.45) is 1.46. The minimum atomic E-state index is -3.55. The van der Waals surface area contributed by atoms with E-state index in [0.717, 1.165) is 12.0 Å². The minimum absolute atomic E-state index is 0.199. The number of sulfonamides is 1. The zero-order chi connectivity index (χ0) is 19.0. The van der Waals surface area contributed by atoms with Gasteiger partial charge in [0, 0.05) is 12.2 Å². The molecular weight excluding hydrogens is 352 g/mol. The molecule has 0 aromatic heterocycles. The topological polar surface area (TPSA) is 90.7 Å². The highest BCUT2D eigenvalue weighted by molar-refractivity contribution is 7.89. The fourth-order valence-corrected chi connectivity index (χ4v) is 3.40. The van der Waals surface area contributed by atoms with Gasteiger partial charge in [-0.25, -0.2) is 13.1 Å². The average molecular weight is 378 g/mol. The normalized spacial score (nSPS) is 11.3. The number of benzene rings is 2. The summed E-state index contributed by atoms with van der Waals surface area (Å²) in [5.74, 6) is 1.39. The van der Waals surface area contributed by atoms with Crippen LogP contribution in [0.15, 0.2) is 47.4 Å². The van der Waals surface area contributed by atoms with Gasteiger partial charge < -0.3 is 15.2 Å². The number of nitrogen functional groups attached to an aromatic ring is 1. The molecule has 0 amide bonds. The van der Waals surface area contributed by atoms with Gasteiger partial charge in [0.1, 0.15) is 0 Å². The van der Waals surface area contributed by atoms with Crippen LogP contribution in [0.1, 0.15) is 25.8 Å². The summed E-state index contributed by atoms with van der Waals surface area (Å²) in [7, 11) is -3.55. The standard InChI is InChI=1S/C19H26N2O4S/c1-3-13-25-18-10-5-15(14-19(18)24-4-2)11-12-21-26(22,23)17-8-6-16(20)7-9-17/h5-10,14,21H,3-4,11-13,20H2,1-2H3. The lowest BCUT2D eigenvalue weighted by Crippen LogP contribution is -2.26. The van der Waals surface area contributed by atoms with Gasteiger partial charge in [0.05, 0.1) is 18.1 Å². The molecule has 2 aromatic carbocycles. The number of nitrogens with one attached hydrogen (secondary N) is 1. The second-order valence-corrected chi connectivity index (χ2v) is 7.55. The van der Waals surface area contributed by atoms with E-state index in [9.17, 15) is 8.42 Å². The molecule has 0 fully saturated rings. The van der Waals surface area contributed by atoms with Gasteiger partial charge in [0.25, 0.3) is 0 Å². The second-order valence-electron chi connectivity index (χ2n) is 5.78. The van der Waals surface area contributed by atoms with Gasteiger partial charge >= 0.3 is 0 Å². The van der Waals surface area contributed by atoms with Crippen LogP contribution in [0.3, 0.4) is 0 Å². The Labute approximate surface area is 155 Å². The highest BCUT2D eigenvalue weighted by Gasteiger charge is 2.13. The molecule has 2 aromatic rings. The molecule has 0 saturated carbocycles. The third-order valence-corrected chi connectivity index (χ3v) is 5.14. The van der Waals surface area contributed by atoms with Crippen molar-refractivity contribution in [3.05, 3.63) is 48.0 Å². The van der Waals surface area contributed by atoms with Gasteiger partial charge in [-0.3, -0.25) is 0 Å². The zero-order valence-corrected chi connectivity index (χ0v) is 16.0. The number of hydrogen-bond acceptors (Lipinski definition) is 5. The van der Waals surface area contributed by atoms with Crippen LogP contribution in [-0.4, -0.2) is 28.2 Å². The summed E-state index contributed by atoms with van der Waals surface area (Å²) < 4.78 is 38.5.